The quantitative estimate of drug-likeness (QED) is 0.835. The lowest BCUT2D eigenvalue weighted by Gasteiger charge is -2.28. The van der Waals surface area contributed by atoms with Gasteiger partial charge in [-0.25, -0.2) is 0 Å². The Labute approximate surface area is 122 Å². The van der Waals surface area contributed by atoms with Crippen molar-refractivity contribution in [1.82, 2.24) is 0 Å². The van der Waals surface area contributed by atoms with Crippen molar-refractivity contribution in [3.8, 4) is 0 Å². The standard InChI is InChI=1S/C14H19BrClNO/c1-13(2)8-12(14(3,4)18-13)17-9-5-6-11(16)10(15)7-9/h5-7,12,17H,8H2,1-4H3. The smallest absolute Gasteiger partial charge is 0.0834 e. The van der Waals surface area contributed by atoms with Crippen LogP contribution in [0.5, 0.6) is 0 Å². The molecule has 1 fully saturated rings. The highest BCUT2D eigenvalue weighted by Crippen LogP contribution is 2.39. The van der Waals surface area contributed by atoms with Gasteiger partial charge < -0.3 is 10.1 Å². The average molecular weight is 333 g/mol. The molecule has 1 aromatic rings. The van der Waals surface area contributed by atoms with E-state index in [2.05, 4.69) is 48.9 Å². The Hall–Kier alpha value is -0.250. The summed E-state index contributed by atoms with van der Waals surface area (Å²) in [5.74, 6) is 0. The SMILES string of the molecule is CC1(C)CC(Nc2ccc(Cl)c(Br)c2)C(C)(C)O1. The van der Waals surface area contributed by atoms with Gasteiger partial charge in [0.25, 0.3) is 0 Å². The molecule has 0 saturated carbocycles. The van der Waals surface area contributed by atoms with E-state index in [9.17, 15) is 0 Å². The van der Waals surface area contributed by atoms with E-state index in [-0.39, 0.29) is 11.2 Å². The molecule has 0 aliphatic carbocycles. The van der Waals surface area contributed by atoms with Crippen LogP contribution in [0.25, 0.3) is 0 Å². The molecule has 0 aromatic heterocycles. The van der Waals surface area contributed by atoms with E-state index >= 15 is 0 Å². The third-order valence-electron chi connectivity index (χ3n) is 3.33. The van der Waals surface area contributed by atoms with E-state index in [1.54, 1.807) is 0 Å². The zero-order chi connectivity index (χ0) is 13.6. The third-order valence-corrected chi connectivity index (χ3v) is 4.55. The van der Waals surface area contributed by atoms with E-state index in [1.165, 1.54) is 0 Å². The summed E-state index contributed by atoms with van der Waals surface area (Å²) in [6, 6.07) is 6.18. The summed E-state index contributed by atoms with van der Waals surface area (Å²) in [7, 11) is 0. The molecule has 1 saturated heterocycles. The van der Waals surface area contributed by atoms with Crippen LogP contribution in [0, 0.1) is 0 Å². The van der Waals surface area contributed by atoms with E-state index in [0.29, 0.717) is 6.04 Å². The normalized spacial score (nSPS) is 25.1. The summed E-state index contributed by atoms with van der Waals surface area (Å²) >= 11 is 9.44. The molecule has 0 spiro atoms. The van der Waals surface area contributed by atoms with Crippen molar-refractivity contribution >= 4 is 33.2 Å². The van der Waals surface area contributed by atoms with Crippen LogP contribution in [-0.2, 0) is 4.74 Å². The van der Waals surface area contributed by atoms with E-state index < -0.39 is 0 Å². The highest BCUT2D eigenvalue weighted by molar-refractivity contribution is 9.10. The van der Waals surface area contributed by atoms with Gasteiger partial charge >= 0.3 is 0 Å². The highest BCUT2D eigenvalue weighted by Gasteiger charge is 2.45. The predicted octanol–water partition coefficient (Wildman–Crippen LogP) is 4.86. The number of hydrogen-bond acceptors (Lipinski definition) is 2. The number of benzene rings is 1. The molecule has 0 amide bonds. The lowest BCUT2D eigenvalue weighted by atomic mass is 9.94. The van der Waals surface area contributed by atoms with Gasteiger partial charge in [-0.2, -0.15) is 0 Å². The molecule has 18 heavy (non-hydrogen) atoms. The summed E-state index contributed by atoms with van der Waals surface area (Å²) in [6.45, 7) is 8.52. The maximum absolute atomic E-state index is 6.07. The molecule has 1 aliphatic rings. The molecule has 1 heterocycles. The molecule has 4 heteroatoms. The molecule has 1 unspecified atom stereocenters. The number of hydrogen-bond donors (Lipinski definition) is 1. The van der Waals surface area contributed by atoms with Gasteiger partial charge in [-0.1, -0.05) is 11.6 Å². The lowest BCUT2D eigenvalue weighted by Crippen LogP contribution is -2.38. The minimum Gasteiger partial charge on any atom is -0.379 e. The van der Waals surface area contributed by atoms with E-state index in [1.807, 2.05) is 18.2 Å². The molecule has 1 atom stereocenters. The molecule has 1 aliphatic heterocycles. The summed E-state index contributed by atoms with van der Waals surface area (Å²) in [4.78, 5) is 0. The van der Waals surface area contributed by atoms with Crippen molar-refractivity contribution in [3.05, 3.63) is 27.7 Å². The van der Waals surface area contributed by atoms with Crippen LogP contribution in [-0.4, -0.2) is 17.2 Å². The van der Waals surface area contributed by atoms with Crippen LogP contribution in [0.1, 0.15) is 34.1 Å². The van der Waals surface area contributed by atoms with Gasteiger partial charge in [0.05, 0.1) is 22.3 Å². The Kier molecular flexibility index (Phi) is 3.69. The van der Waals surface area contributed by atoms with Crippen LogP contribution in [0.4, 0.5) is 5.69 Å². The van der Waals surface area contributed by atoms with Gasteiger partial charge in [0.15, 0.2) is 0 Å². The van der Waals surface area contributed by atoms with Gasteiger partial charge in [-0.3, -0.25) is 0 Å². The highest BCUT2D eigenvalue weighted by atomic mass is 79.9. The number of ether oxygens (including phenoxy) is 1. The first kappa shape index (κ1) is 14.2. The fourth-order valence-corrected chi connectivity index (χ4v) is 3.07. The van der Waals surface area contributed by atoms with Crippen LogP contribution in [0.2, 0.25) is 5.02 Å². The molecule has 0 bridgehead atoms. The fourth-order valence-electron chi connectivity index (χ4n) is 2.57. The molecule has 1 N–H and O–H groups in total. The Morgan fingerprint density at radius 2 is 2.00 bits per heavy atom. The lowest BCUT2D eigenvalue weighted by molar-refractivity contribution is -0.0662. The van der Waals surface area contributed by atoms with E-state index in [4.69, 9.17) is 16.3 Å². The summed E-state index contributed by atoms with van der Waals surface area (Å²) in [5.41, 5.74) is 0.811. The average Bonchev–Trinajstić information content (AvgIpc) is 2.40. The first-order valence-electron chi connectivity index (χ1n) is 6.11. The Morgan fingerprint density at radius 1 is 1.33 bits per heavy atom. The molecule has 1 aromatic carbocycles. The Morgan fingerprint density at radius 3 is 2.50 bits per heavy atom. The van der Waals surface area contributed by atoms with Crippen molar-refractivity contribution in [2.45, 2.75) is 51.4 Å². The zero-order valence-corrected chi connectivity index (χ0v) is 13.5. The van der Waals surface area contributed by atoms with Gasteiger partial charge in [0.2, 0.25) is 0 Å². The molecular formula is C14H19BrClNO. The molecule has 2 rings (SSSR count). The van der Waals surface area contributed by atoms with Gasteiger partial charge in [-0.05, 0) is 68.2 Å². The predicted molar refractivity (Wildman–Crippen MR) is 80.4 cm³/mol. The first-order chi connectivity index (χ1) is 8.20. The third kappa shape index (κ3) is 3.01. The minimum absolute atomic E-state index is 0.0785. The van der Waals surface area contributed by atoms with Crippen LogP contribution >= 0.6 is 27.5 Å². The summed E-state index contributed by atoms with van der Waals surface area (Å²) in [5, 5.41) is 4.27. The summed E-state index contributed by atoms with van der Waals surface area (Å²) in [6.07, 6.45) is 0.986. The first-order valence-corrected chi connectivity index (χ1v) is 7.28. The molecule has 100 valence electrons. The van der Waals surface area contributed by atoms with Crippen LogP contribution in [0.15, 0.2) is 22.7 Å². The monoisotopic (exact) mass is 331 g/mol. The van der Waals surface area contributed by atoms with Crippen molar-refractivity contribution in [1.29, 1.82) is 0 Å². The Balaban J connectivity index is 2.16. The number of halogens is 2. The summed E-state index contributed by atoms with van der Waals surface area (Å²) < 4.78 is 6.98. The topological polar surface area (TPSA) is 21.3 Å². The maximum Gasteiger partial charge on any atom is 0.0834 e. The van der Waals surface area contributed by atoms with Crippen LogP contribution in [0.3, 0.4) is 0 Å². The largest absolute Gasteiger partial charge is 0.379 e. The zero-order valence-electron chi connectivity index (χ0n) is 11.2. The van der Waals surface area contributed by atoms with Crippen molar-refractivity contribution in [2.75, 3.05) is 5.32 Å². The van der Waals surface area contributed by atoms with Crippen LogP contribution < -0.4 is 5.32 Å². The maximum atomic E-state index is 6.07. The second kappa shape index (κ2) is 4.69. The molecule has 2 nitrogen and oxygen atoms in total. The fraction of sp³-hybridized carbons (Fsp3) is 0.571. The van der Waals surface area contributed by atoms with Crippen molar-refractivity contribution in [2.24, 2.45) is 0 Å². The van der Waals surface area contributed by atoms with Gasteiger partial charge in [0.1, 0.15) is 0 Å². The second-order valence-corrected chi connectivity index (χ2v) is 7.26. The molecule has 0 radical (unpaired) electrons. The molecular weight excluding hydrogens is 314 g/mol. The van der Waals surface area contributed by atoms with Gasteiger partial charge in [0, 0.05) is 10.2 Å². The second-order valence-electron chi connectivity index (χ2n) is 6.00. The number of nitrogens with one attached hydrogen (secondary N) is 1. The number of rotatable bonds is 2. The van der Waals surface area contributed by atoms with Crippen molar-refractivity contribution < 1.29 is 4.74 Å². The Bertz CT molecular complexity index is 459. The van der Waals surface area contributed by atoms with E-state index in [0.717, 1.165) is 21.6 Å². The minimum atomic E-state index is -0.171. The number of anilines is 1. The van der Waals surface area contributed by atoms with Crippen molar-refractivity contribution in [3.63, 3.8) is 0 Å². The van der Waals surface area contributed by atoms with Gasteiger partial charge in [-0.15, -0.1) is 0 Å².